The van der Waals surface area contributed by atoms with E-state index < -0.39 is 6.03 Å². The Morgan fingerprint density at radius 3 is 3.08 bits per heavy atom. The van der Waals surface area contributed by atoms with E-state index >= 15 is 0 Å². The van der Waals surface area contributed by atoms with E-state index in [9.17, 15) is 4.79 Å². The number of carbonyl (C=O) groups excluding carboxylic acids is 1. The summed E-state index contributed by atoms with van der Waals surface area (Å²) < 4.78 is 0.994. The molecule has 0 unspecified atom stereocenters. The fourth-order valence-electron chi connectivity index (χ4n) is 0.555. The van der Waals surface area contributed by atoms with Crippen molar-refractivity contribution in [2.75, 3.05) is 0 Å². The molecule has 1 aromatic rings. The number of hydrazone groups is 1. The zero-order valence-electron chi connectivity index (χ0n) is 5.95. The number of rotatable bonds is 2. The van der Waals surface area contributed by atoms with Crippen molar-refractivity contribution in [3.05, 3.63) is 20.8 Å². The minimum Gasteiger partial charge on any atom is -0.350 e. The van der Waals surface area contributed by atoms with Crippen molar-refractivity contribution in [2.24, 2.45) is 10.8 Å². The molecule has 0 bridgehead atoms. The van der Waals surface area contributed by atoms with E-state index in [1.807, 2.05) is 11.4 Å². The van der Waals surface area contributed by atoms with Gasteiger partial charge < -0.3 is 5.73 Å². The highest BCUT2D eigenvalue weighted by Crippen LogP contribution is 2.17. The van der Waals surface area contributed by atoms with Crippen LogP contribution < -0.4 is 11.2 Å². The zero-order chi connectivity index (χ0) is 8.97. The number of nitrogens with two attached hydrogens (primary N) is 1. The van der Waals surface area contributed by atoms with Crippen molar-refractivity contribution < 1.29 is 4.79 Å². The second-order valence-corrected chi connectivity index (χ2v) is 3.76. The second kappa shape index (κ2) is 4.22. The van der Waals surface area contributed by atoms with E-state index in [2.05, 4.69) is 26.5 Å². The molecule has 1 heterocycles. The number of urea groups is 1. The minimum atomic E-state index is -0.665. The Balaban J connectivity index is 2.52. The number of primary amides is 1. The largest absolute Gasteiger partial charge is 0.350 e. The summed E-state index contributed by atoms with van der Waals surface area (Å²) in [5, 5.41) is 5.52. The molecule has 0 saturated heterocycles. The molecule has 0 atom stereocenters. The number of nitrogens with zero attached hydrogens (tertiary/aromatic N) is 1. The predicted octanol–water partition coefficient (Wildman–Crippen LogP) is 1.51. The first-order chi connectivity index (χ1) is 5.68. The maximum absolute atomic E-state index is 10.2. The maximum Gasteiger partial charge on any atom is 0.332 e. The summed E-state index contributed by atoms with van der Waals surface area (Å²) >= 11 is 4.80. The molecule has 0 aliphatic heterocycles. The molecule has 0 spiro atoms. The molecular formula is C6H6BrN3OS. The number of nitrogens with one attached hydrogen (secondary N) is 1. The Bertz CT molecular complexity index is 309. The van der Waals surface area contributed by atoms with Crippen LogP contribution in [0.1, 0.15) is 4.88 Å². The van der Waals surface area contributed by atoms with Gasteiger partial charge >= 0.3 is 6.03 Å². The molecule has 1 aromatic heterocycles. The highest BCUT2D eigenvalue weighted by molar-refractivity contribution is 9.10. The average Bonchev–Trinajstić information content (AvgIpc) is 2.35. The molecule has 12 heavy (non-hydrogen) atoms. The molecule has 1 rings (SSSR count). The van der Waals surface area contributed by atoms with Crippen LogP contribution in [0.4, 0.5) is 4.79 Å². The molecular weight excluding hydrogens is 242 g/mol. The lowest BCUT2D eigenvalue weighted by Crippen LogP contribution is -2.24. The van der Waals surface area contributed by atoms with E-state index in [1.54, 1.807) is 0 Å². The van der Waals surface area contributed by atoms with Crippen LogP contribution in [0.25, 0.3) is 0 Å². The summed E-state index contributed by atoms with van der Waals surface area (Å²) in [6.45, 7) is 0. The first-order valence-electron chi connectivity index (χ1n) is 3.01. The fraction of sp³-hybridized carbons (Fsp3) is 0. The standard InChI is InChI=1S/C6H6BrN3OS/c7-4-1-5(12-3-4)2-9-10-6(8)11/h1-3H,(H3,8,10,11)/b9-2+. The normalized spacial score (nSPS) is 10.4. The van der Waals surface area contributed by atoms with Crippen molar-refractivity contribution in [2.45, 2.75) is 0 Å². The van der Waals surface area contributed by atoms with Crippen molar-refractivity contribution in [3.8, 4) is 0 Å². The first kappa shape index (κ1) is 9.21. The number of thiophene rings is 1. The lowest BCUT2D eigenvalue weighted by atomic mass is 10.5. The molecule has 0 radical (unpaired) electrons. The van der Waals surface area contributed by atoms with Gasteiger partial charge in [-0.2, -0.15) is 5.10 Å². The van der Waals surface area contributed by atoms with Gasteiger partial charge in [-0.25, -0.2) is 10.2 Å². The summed E-state index contributed by atoms with van der Waals surface area (Å²) in [5.41, 5.74) is 6.90. The van der Waals surface area contributed by atoms with Crippen LogP contribution in [-0.4, -0.2) is 12.2 Å². The van der Waals surface area contributed by atoms with Crippen LogP contribution in [0, 0.1) is 0 Å². The molecule has 0 saturated carbocycles. The Kier molecular flexibility index (Phi) is 3.24. The molecule has 2 amide bonds. The van der Waals surface area contributed by atoms with Crippen molar-refractivity contribution in [1.82, 2.24) is 5.43 Å². The van der Waals surface area contributed by atoms with Crippen LogP contribution in [0.2, 0.25) is 0 Å². The lowest BCUT2D eigenvalue weighted by Gasteiger charge is -1.87. The van der Waals surface area contributed by atoms with E-state index in [1.165, 1.54) is 17.6 Å². The third-order valence-corrected chi connectivity index (χ3v) is 2.58. The minimum absolute atomic E-state index is 0.665. The van der Waals surface area contributed by atoms with E-state index in [0.29, 0.717) is 0 Å². The number of carbonyl (C=O) groups is 1. The fourth-order valence-corrected chi connectivity index (χ4v) is 1.86. The molecule has 6 heteroatoms. The van der Waals surface area contributed by atoms with Crippen LogP contribution in [-0.2, 0) is 0 Å². The smallest absolute Gasteiger partial charge is 0.332 e. The molecule has 0 aliphatic carbocycles. The van der Waals surface area contributed by atoms with Crippen molar-refractivity contribution >= 4 is 39.5 Å². The molecule has 0 aromatic carbocycles. The number of halogens is 1. The molecule has 0 aliphatic rings. The van der Waals surface area contributed by atoms with Gasteiger partial charge in [-0.1, -0.05) is 0 Å². The van der Waals surface area contributed by atoms with E-state index in [0.717, 1.165) is 9.35 Å². The van der Waals surface area contributed by atoms with E-state index in [4.69, 9.17) is 5.73 Å². The molecule has 64 valence electrons. The zero-order valence-corrected chi connectivity index (χ0v) is 8.35. The highest BCUT2D eigenvalue weighted by Gasteiger charge is 1.92. The average molecular weight is 248 g/mol. The quantitative estimate of drug-likeness (QED) is 0.604. The van der Waals surface area contributed by atoms with Crippen molar-refractivity contribution in [1.29, 1.82) is 0 Å². The SMILES string of the molecule is NC(=O)N/N=C/c1cc(Br)cs1. The topological polar surface area (TPSA) is 67.5 Å². The van der Waals surface area contributed by atoms with Gasteiger partial charge in [-0.05, 0) is 22.0 Å². The number of amides is 2. The number of hydrogen-bond donors (Lipinski definition) is 2. The Labute approximate surface area is 81.6 Å². The third-order valence-electron chi connectivity index (χ3n) is 0.954. The molecule has 3 N–H and O–H groups in total. The van der Waals surface area contributed by atoms with Crippen LogP contribution in [0.3, 0.4) is 0 Å². The van der Waals surface area contributed by atoms with Gasteiger partial charge in [0.1, 0.15) is 0 Å². The van der Waals surface area contributed by atoms with Gasteiger partial charge in [0.25, 0.3) is 0 Å². The Morgan fingerprint density at radius 2 is 2.58 bits per heavy atom. The highest BCUT2D eigenvalue weighted by atomic mass is 79.9. The van der Waals surface area contributed by atoms with Gasteiger partial charge in [0.2, 0.25) is 0 Å². The van der Waals surface area contributed by atoms with Crippen LogP contribution in [0.5, 0.6) is 0 Å². The molecule has 0 fully saturated rings. The summed E-state index contributed by atoms with van der Waals surface area (Å²) in [6, 6.07) is 1.22. The van der Waals surface area contributed by atoms with E-state index in [-0.39, 0.29) is 0 Å². The monoisotopic (exact) mass is 247 g/mol. The van der Waals surface area contributed by atoms with Gasteiger partial charge in [-0.3, -0.25) is 0 Å². The maximum atomic E-state index is 10.2. The second-order valence-electron chi connectivity index (χ2n) is 1.90. The van der Waals surface area contributed by atoms with Gasteiger partial charge in [0.15, 0.2) is 0 Å². The Morgan fingerprint density at radius 1 is 1.83 bits per heavy atom. The Hall–Kier alpha value is -0.880. The number of hydrogen-bond acceptors (Lipinski definition) is 3. The van der Waals surface area contributed by atoms with Crippen LogP contribution in [0.15, 0.2) is 21.0 Å². The summed E-state index contributed by atoms with van der Waals surface area (Å²) in [6.07, 6.45) is 1.53. The molecule has 4 nitrogen and oxygen atoms in total. The summed E-state index contributed by atoms with van der Waals surface area (Å²) in [7, 11) is 0. The lowest BCUT2D eigenvalue weighted by molar-refractivity contribution is 0.249. The predicted molar refractivity (Wildman–Crippen MR) is 52.3 cm³/mol. The third kappa shape index (κ3) is 3.02. The van der Waals surface area contributed by atoms with Gasteiger partial charge in [-0.15, -0.1) is 11.3 Å². The van der Waals surface area contributed by atoms with Gasteiger partial charge in [0, 0.05) is 14.7 Å². The van der Waals surface area contributed by atoms with Gasteiger partial charge in [0.05, 0.1) is 6.21 Å². The van der Waals surface area contributed by atoms with Crippen LogP contribution >= 0.6 is 27.3 Å². The summed E-state index contributed by atoms with van der Waals surface area (Å²) in [4.78, 5) is 11.1. The van der Waals surface area contributed by atoms with Crippen molar-refractivity contribution in [3.63, 3.8) is 0 Å². The first-order valence-corrected chi connectivity index (χ1v) is 4.68. The summed E-state index contributed by atoms with van der Waals surface area (Å²) in [5.74, 6) is 0.